The maximum Gasteiger partial charge on any atom is 0.306 e. The lowest BCUT2D eigenvalue weighted by Crippen LogP contribution is -2.55. The molecule has 0 aromatic carbocycles. The monoisotopic (exact) mass is 657 g/mol. The normalized spacial score (nSPS) is 14.0. The van der Waals surface area contributed by atoms with Gasteiger partial charge in [0.2, 0.25) is 0 Å². The first-order valence-electron chi connectivity index (χ1n) is 17.5. The molecule has 0 fully saturated rings. The van der Waals surface area contributed by atoms with Gasteiger partial charge in [0.1, 0.15) is 12.6 Å². The summed E-state index contributed by atoms with van der Waals surface area (Å²) in [6.45, 7) is 4.30. The van der Waals surface area contributed by atoms with Crippen LogP contribution >= 0.6 is 0 Å². The van der Waals surface area contributed by atoms with E-state index in [0.717, 1.165) is 64.2 Å². The molecular formula is C39H63NO7. The summed E-state index contributed by atoms with van der Waals surface area (Å²) in [7, 11) is 5.34. The molecule has 0 aliphatic carbocycles. The van der Waals surface area contributed by atoms with E-state index in [1.807, 2.05) is 12.2 Å². The lowest BCUT2D eigenvalue weighted by Gasteiger charge is -2.34. The van der Waals surface area contributed by atoms with Crippen LogP contribution in [0.25, 0.3) is 0 Å². The maximum absolute atomic E-state index is 12.5. The molecule has 0 saturated carbocycles. The molecule has 0 amide bonds. The number of rotatable bonds is 29. The topological polar surface area (TPSA) is 102 Å². The van der Waals surface area contributed by atoms with Crippen LogP contribution < -0.4 is 5.11 Å². The number of quaternary nitrogens is 1. The molecule has 0 saturated heterocycles. The molecule has 0 radical (unpaired) electrons. The van der Waals surface area contributed by atoms with E-state index in [0.29, 0.717) is 12.8 Å². The van der Waals surface area contributed by atoms with Gasteiger partial charge in [-0.25, -0.2) is 0 Å². The van der Waals surface area contributed by atoms with Crippen molar-refractivity contribution in [1.82, 2.24) is 0 Å². The molecule has 8 nitrogen and oxygen atoms in total. The summed E-state index contributed by atoms with van der Waals surface area (Å²) in [5, 5.41) is 11.5. The highest BCUT2D eigenvalue weighted by atomic mass is 16.6. The lowest BCUT2D eigenvalue weighted by atomic mass is 10.1. The largest absolute Gasteiger partial charge is 0.544 e. The molecule has 0 rings (SSSR count). The van der Waals surface area contributed by atoms with Crippen LogP contribution in [-0.4, -0.2) is 75.5 Å². The second-order valence-electron chi connectivity index (χ2n) is 12.4. The number of nitrogens with zero attached hydrogens (tertiary/aromatic N) is 1. The van der Waals surface area contributed by atoms with E-state index in [1.54, 1.807) is 21.1 Å². The van der Waals surface area contributed by atoms with Crippen molar-refractivity contribution in [2.75, 3.05) is 41.0 Å². The van der Waals surface area contributed by atoms with Crippen molar-refractivity contribution in [2.45, 2.75) is 116 Å². The number of carbonyl (C=O) groups is 3. The van der Waals surface area contributed by atoms with Crippen LogP contribution in [0.2, 0.25) is 0 Å². The van der Waals surface area contributed by atoms with E-state index in [4.69, 9.17) is 14.2 Å². The van der Waals surface area contributed by atoms with Crippen LogP contribution in [0, 0.1) is 0 Å². The van der Waals surface area contributed by atoms with E-state index in [2.05, 4.69) is 74.6 Å². The summed E-state index contributed by atoms with van der Waals surface area (Å²) in [6.07, 6.45) is 35.7. The summed E-state index contributed by atoms with van der Waals surface area (Å²) in [5.41, 5.74) is 0. The van der Waals surface area contributed by atoms with Gasteiger partial charge in [0.05, 0.1) is 40.3 Å². The molecule has 0 aromatic heterocycles. The molecule has 0 N–H and O–H groups in total. The Kier molecular flexibility index (Phi) is 28.1. The van der Waals surface area contributed by atoms with Gasteiger partial charge >= 0.3 is 11.9 Å². The van der Waals surface area contributed by atoms with Crippen LogP contribution in [-0.2, 0) is 28.6 Å². The van der Waals surface area contributed by atoms with E-state index in [-0.39, 0.29) is 43.1 Å². The molecule has 0 aromatic rings. The van der Waals surface area contributed by atoms with Crippen LogP contribution in [0.4, 0.5) is 0 Å². The van der Waals surface area contributed by atoms with Crippen molar-refractivity contribution in [3.63, 3.8) is 0 Å². The first-order chi connectivity index (χ1) is 22.6. The van der Waals surface area contributed by atoms with E-state index in [9.17, 15) is 19.5 Å². The number of carboxylic acids is 1. The van der Waals surface area contributed by atoms with Crippen molar-refractivity contribution in [2.24, 2.45) is 0 Å². The molecule has 47 heavy (non-hydrogen) atoms. The number of carbonyl (C=O) groups excluding carboxylic acids is 3. The number of unbranched alkanes of at least 4 members (excludes halogenated alkanes) is 3. The van der Waals surface area contributed by atoms with Gasteiger partial charge in [0, 0.05) is 19.3 Å². The smallest absolute Gasteiger partial charge is 0.306 e. The van der Waals surface area contributed by atoms with Crippen LogP contribution in [0.5, 0.6) is 0 Å². The molecule has 0 aliphatic rings. The number of hydrogen-bond donors (Lipinski definition) is 0. The molecule has 0 spiro atoms. The predicted octanol–water partition coefficient (Wildman–Crippen LogP) is 7.12. The second kappa shape index (κ2) is 30.1. The number of hydrogen-bond acceptors (Lipinski definition) is 7. The van der Waals surface area contributed by atoms with Crippen molar-refractivity contribution < 1.29 is 38.2 Å². The summed E-state index contributed by atoms with van der Waals surface area (Å²) >= 11 is 0. The second-order valence-corrected chi connectivity index (χ2v) is 12.4. The quantitative estimate of drug-likeness (QED) is 0.0365. The number of likely N-dealkylation sites (N-methyl/N-ethyl adjacent to an activating group) is 1. The minimum Gasteiger partial charge on any atom is -0.544 e. The average molecular weight is 658 g/mol. The Morgan fingerprint density at radius 2 is 1.19 bits per heavy atom. The van der Waals surface area contributed by atoms with Crippen molar-refractivity contribution in [3.8, 4) is 0 Å². The summed E-state index contributed by atoms with van der Waals surface area (Å²) in [4.78, 5) is 36.2. The summed E-state index contributed by atoms with van der Waals surface area (Å²) < 4.78 is 16.8. The van der Waals surface area contributed by atoms with Gasteiger partial charge in [-0.15, -0.1) is 0 Å². The zero-order valence-corrected chi connectivity index (χ0v) is 29.9. The number of aliphatic carboxylic acids is 1. The third-order valence-corrected chi connectivity index (χ3v) is 7.12. The highest BCUT2D eigenvalue weighted by molar-refractivity contribution is 5.70. The zero-order chi connectivity index (χ0) is 35.0. The van der Waals surface area contributed by atoms with Crippen molar-refractivity contribution in [1.29, 1.82) is 0 Å². The van der Waals surface area contributed by atoms with E-state index in [1.165, 1.54) is 0 Å². The first-order valence-corrected chi connectivity index (χ1v) is 17.5. The highest BCUT2D eigenvalue weighted by Gasteiger charge is 2.25. The molecule has 2 atom stereocenters. The van der Waals surface area contributed by atoms with Gasteiger partial charge in [-0.3, -0.25) is 9.59 Å². The molecule has 2 unspecified atom stereocenters. The predicted molar refractivity (Wildman–Crippen MR) is 189 cm³/mol. The fraction of sp³-hybridized carbons (Fsp3) is 0.615. The van der Waals surface area contributed by atoms with Gasteiger partial charge in [0.15, 0.2) is 6.10 Å². The summed E-state index contributed by atoms with van der Waals surface area (Å²) in [6, 6.07) is -0.738. The Balaban J connectivity index is 4.47. The third-order valence-electron chi connectivity index (χ3n) is 7.12. The molecule has 0 heterocycles. The van der Waals surface area contributed by atoms with Gasteiger partial charge in [-0.05, 0) is 51.4 Å². The minimum absolute atomic E-state index is 0.00563. The van der Waals surface area contributed by atoms with Gasteiger partial charge in [-0.1, -0.05) is 106 Å². The van der Waals surface area contributed by atoms with Crippen LogP contribution in [0.15, 0.2) is 72.9 Å². The molecular weight excluding hydrogens is 594 g/mol. The Bertz CT molecular complexity index is 1000. The SMILES string of the molecule is CC/C=C\C/C=C\C/C=C\C/C=C\C/C=C\C/C=C\CCC(=O)OC(COCCC(C(=O)[O-])[N+](C)(C)C)COC(=O)CCCCCC. The highest BCUT2D eigenvalue weighted by Crippen LogP contribution is 2.09. The Labute approximate surface area is 285 Å². The third kappa shape index (κ3) is 28.7. The molecule has 266 valence electrons. The lowest BCUT2D eigenvalue weighted by molar-refractivity contribution is -0.889. The number of esters is 2. The first kappa shape index (κ1) is 43.8. The van der Waals surface area contributed by atoms with Gasteiger partial charge < -0.3 is 28.6 Å². The standard InChI is InChI=1S/C39H63NO7/c1-6-8-10-12-13-14-15-16-17-18-19-20-21-22-23-24-25-26-28-30-38(42)47-35(34-46-37(41)29-27-11-9-7-2)33-45-32-31-36(39(43)44)40(3,4)5/h8,10,13-14,16-17,19-20,22-23,25-26,35-36H,6-7,9,11-12,15,18,21,24,27-34H2,1-5H3/b10-8-,14-13-,17-16-,20-19-,23-22-,26-25-. The number of carboxylic acid groups (broad SMARTS) is 1. The maximum atomic E-state index is 12.5. The fourth-order valence-corrected chi connectivity index (χ4v) is 4.39. The van der Waals surface area contributed by atoms with E-state index >= 15 is 0 Å². The average Bonchev–Trinajstić information content (AvgIpc) is 3.02. The van der Waals surface area contributed by atoms with Crippen molar-refractivity contribution >= 4 is 17.9 Å². The Morgan fingerprint density at radius 3 is 1.68 bits per heavy atom. The minimum atomic E-state index is -1.14. The van der Waals surface area contributed by atoms with E-state index < -0.39 is 24.1 Å². The number of allylic oxidation sites excluding steroid dienone is 12. The van der Waals surface area contributed by atoms with Crippen LogP contribution in [0.1, 0.15) is 104 Å². The van der Waals surface area contributed by atoms with Crippen LogP contribution in [0.3, 0.4) is 0 Å². The Hall–Kier alpha value is -3.23. The molecule has 0 aliphatic heterocycles. The zero-order valence-electron chi connectivity index (χ0n) is 29.9. The summed E-state index contributed by atoms with van der Waals surface area (Å²) in [5.74, 6) is -1.88. The molecule has 0 bridgehead atoms. The van der Waals surface area contributed by atoms with Gasteiger partial charge in [-0.2, -0.15) is 0 Å². The molecule has 8 heteroatoms. The van der Waals surface area contributed by atoms with Gasteiger partial charge in [0.25, 0.3) is 0 Å². The van der Waals surface area contributed by atoms with Crippen molar-refractivity contribution in [3.05, 3.63) is 72.9 Å². The fourth-order valence-electron chi connectivity index (χ4n) is 4.39. The number of ether oxygens (including phenoxy) is 3. The Morgan fingerprint density at radius 1 is 0.660 bits per heavy atom.